The first-order valence-electron chi connectivity index (χ1n) is 11.9. The summed E-state index contributed by atoms with van der Waals surface area (Å²) < 4.78 is 34.6. The molecule has 1 aromatic carbocycles. The summed E-state index contributed by atoms with van der Waals surface area (Å²) in [6.07, 6.45) is 1.48. The smallest absolute Gasteiger partial charge is 0.333 e. The number of allylic oxidation sites excluding steroid dienone is 3. The first kappa shape index (κ1) is 24.2. The number of ether oxygens (including phenoxy) is 6. The molecule has 0 aromatic heterocycles. The molecule has 36 heavy (non-hydrogen) atoms. The fourth-order valence-corrected chi connectivity index (χ4v) is 5.57. The predicted molar refractivity (Wildman–Crippen MR) is 126 cm³/mol. The van der Waals surface area contributed by atoms with Crippen LogP contribution in [0.2, 0.25) is 0 Å². The summed E-state index contributed by atoms with van der Waals surface area (Å²) in [5, 5.41) is 11.7. The highest BCUT2D eigenvalue weighted by molar-refractivity contribution is 6.08. The lowest BCUT2D eigenvalue weighted by atomic mass is 9.61. The Morgan fingerprint density at radius 3 is 2.56 bits per heavy atom. The number of benzene rings is 1. The Balaban J connectivity index is 1.84. The molecule has 192 valence electrons. The molecule has 5 unspecified atom stereocenters. The van der Waals surface area contributed by atoms with Crippen LogP contribution in [0.15, 0.2) is 40.9 Å². The summed E-state index contributed by atoms with van der Waals surface area (Å²) >= 11 is 0. The van der Waals surface area contributed by atoms with Gasteiger partial charge < -0.3 is 33.5 Å². The molecule has 2 heterocycles. The van der Waals surface area contributed by atoms with Gasteiger partial charge in [0, 0.05) is 22.6 Å². The zero-order chi connectivity index (χ0) is 25.9. The minimum atomic E-state index is -1.42. The van der Waals surface area contributed by atoms with E-state index in [2.05, 4.69) is 0 Å². The van der Waals surface area contributed by atoms with Gasteiger partial charge >= 0.3 is 5.97 Å². The van der Waals surface area contributed by atoms with Gasteiger partial charge in [0.05, 0.1) is 20.3 Å². The number of aliphatic hydroxyl groups excluding tert-OH is 1. The monoisotopic (exact) mass is 498 g/mol. The van der Waals surface area contributed by atoms with Gasteiger partial charge in [-0.05, 0) is 37.5 Å². The Morgan fingerprint density at radius 1 is 1.14 bits per heavy atom. The van der Waals surface area contributed by atoms with Crippen molar-refractivity contribution in [1.82, 2.24) is 0 Å². The van der Waals surface area contributed by atoms with Crippen molar-refractivity contribution in [3.8, 4) is 17.2 Å². The van der Waals surface area contributed by atoms with Crippen molar-refractivity contribution in [2.24, 2.45) is 11.8 Å². The van der Waals surface area contributed by atoms with Gasteiger partial charge in [-0.1, -0.05) is 19.9 Å². The molecule has 0 saturated heterocycles. The summed E-state index contributed by atoms with van der Waals surface area (Å²) in [5.41, 5.74) is 0.530. The number of carbonyl (C=O) groups excluding carboxylic acids is 2. The van der Waals surface area contributed by atoms with E-state index >= 15 is 0 Å². The summed E-state index contributed by atoms with van der Waals surface area (Å²) in [4.78, 5) is 27.2. The number of carbonyl (C=O) groups is 2. The van der Waals surface area contributed by atoms with E-state index in [0.29, 0.717) is 39.5 Å². The first-order valence-corrected chi connectivity index (χ1v) is 11.9. The molecule has 0 radical (unpaired) electrons. The maximum Gasteiger partial charge on any atom is 0.333 e. The van der Waals surface area contributed by atoms with Crippen LogP contribution in [0, 0.1) is 11.8 Å². The highest BCUT2D eigenvalue weighted by Gasteiger charge is 2.61. The Morgan fingerprint density at radius 2 is 1.89 bits per heavy atom. The quantitative estimate of drug-likeness (QED) is 0.494. The van der Waals surface area contributed by atoms with Gasteiger partial charge in [-0.2, -0.15) is 0 Å². The van der Waals surface area contributed by atoms with Crippen LogP contribution in [0.5, 0.6) is 17.2 Å². The van der Waals surface area contributed by atoms with Gasteiger partial charge in [-0.25, -0.2) is 4.79 Å². The standard InChI is InChI=1S/C27H30O9/c1-7-12(2)26(30)36-21-14(4)13(3)20(28)16-9-17(31-5)23(32-6)25(29)27(16)10-33-24-19(27)15(21)8-18-22(24)35-11-34-18/h7-9,13-14,20-21,28H,10-11H2,1-6H3/b12-7+. The lowest BCUT2D eigenvalue weighted by Crippen LogP contribution is -2.51. The number of fused-ring (bicyclic) bond motifs is 2. The lowest BCUT2D eigenvalue weighted by Gasteiger charge is -2.43. The summed E-state index contributed by atoms with van der Waals surface area (Å²) in [6, 6.07) is 1.76. The zero-order valence-corrected chi connectivity index (χ0v) is 21.2. The number of hydrogen-bond donors (Lipinski definition) is 1. The second kappa shape index (κ2) is 8.58. The normalized spacial score (nSPS) is 30.5. The third-order valence-corrected chi connectivity index (χ3v) is 7.95. The lowest BCUT2D eigenvalue weighted by molar-refractivity contribution is -0.149. The molecule has 1 spiro atoms. The van der Waals surface area contributed by atoms with Crippen LogP contribution in [-0.4, -0.2) is 50.6 Å². The maximum absolute atomic E-state index is 14.2. The van der Waals surface area contributed by atoms with Crippen molar-refractivity contribution in [3.05, 3.63) is 52.0 Å². The molecular formula is C27H30O9. The molecule has 5 atom stereocenters. The molecule has 9 heteroatoms. The number of aliphatic hydroxyl groups is 1. The number of esters is 1. The highest BCUT2D eigenvalue weighted by atomic mass is 16.7. The Kier molecular flexibility index (Phi) is 5.78. The second-order valence-corrected chi connectivity index (χ2v) is 9.59. The molecule has 4 aliphatic rings. The van der Waals surface area contributed by atoms with Crippen LogP contribution in [0.25, 0.3) is 0 Å². The Hall–Kier alpha value is -3.46. The highest BCUT2D eigenvalue weighted by Crippen LogP contribution is 2.61. The average molecular weight is 499 g/mol. The second-order valence-electron chi connectivity index (χ2n) is 9.59. The van der Waals surface area contributed by atoms with Crippen LogP contribution in [0.1, 0.15) is 44.9 Å². The number of ketones is 1. The van der Waals surface area contributed by atoms with Gasteiger partial charge in [-0.3, -0.25) is 4.79 Å². The molecule has 2 aliphatic carbocycles. The van der Waals surface area contributed by atoms with Crippen molar-refractivity contribution in [2.45, 2.75) is 45.3 Å². The molecular weight excluding hydrogens is 468 g/mol. The third-order valence-electron chi connectivity index (χ3n) is 7.95. The van der Waals surface area contributed by atoms with Gasteiger partial charge in [0.2, 0.25) is 24.1 Å². The van der Waals surface area contributed by atoms with E-state index in [9.17, 15) is 14.7 Å². The van der Waals surface area contributed by atoms with Crippen molar-refractivity contribution in [3.63, 3.8) is 0 Å². The fraction of sp³-hybridized carbons (Fsp3) is 0.481. The van der Waals surface area contributed by atoms with Crippen LogP contribution in [-0.2, 0) is 29.2 Å². The largest absolute Gasteiger partial charge is 0.493 e. The topological polar surface area (TPSA) is 110 Å². The minimum absolute atomic E-state index is 0.00794. The summed E-state index contributed by atoms with van der Waals surface area (Å²) in [5.74, 6) is -0.231. The first-order chi connectivity index (χ1) is 17.2. The minimum Gasteiger partial charge on any atom is -0.493 e. The van der Waals surface area contributed by atoms with E-state index in [1.54, 1.807) is 32.1 Å². The molecule has 0 bridgehead atoms. The van der Waals surface area contributed by atoms with E-state index in [4.69, 9.17) is 28.4 Å². The third kappa shape index (κ3) is 3.11. The predicted octanol–water partition coefficient (Wildman–Crippen LogP) is 3.26. The van der Waals surface area contributed by atoms with Crippen LogP contribution < -0.4 is 14.2 Å². The average Bonchev–Trinajstić information content (AvgIpc) is 3.51. The zero-order valence-electron chi connectivity index (χ0n) is 21.2. The molecule has 0 amide bonds. The van der Waals surface area contributed by atoms with E-state index in [-0.39, 0.29) is 30.8 Å². The maximum atomic E-state index is 14.2. The van der Waals surface area contributed by atoms with E-state index in [1.807, 2.05) is 13.8 Å². The van der Waals surface area contributed by atoms with Crippen molar-refractivity contribution in [1.29, 1.82) is 0 Å². The fourth-order valence-electron chi connectivity index (χ4n) is 5.57. The molecule has 0 fully saturated rings. The van der Waals surface area contributed by atoms with Crippen molar-refractivity contribution >= 4 is 11.8 Å². The van der Waals surface area contributed by atoms with Crippen molar-refractivity contribution < 1.29 is 43.1 Å². The van der Waals surface area contributed by atoms with Gasteiger partial charge in [0.25, 0.3) is 0 Å². The van der Waals surface area contributed by atoms with Gasteiger partial charge in [-0.15, -0.1) is 0 Å². The van der Waals surface area contributed by atoms with Gasteiger partial charge in [0.15, 0.2) is 17.3 Å². The van der Waals surface area contributed by atoms with E-state index in [1.165, 1.54) is 14.2 Å². The SMILES string of the molecule is C/C=C(\C)C(=O)OC1c2cc3c(c4c2C2(CO4)C(=O)C(OC)=C(OC)C=C2C(O)C(C)C1C)OCO3. The van der Waals surface area contributed by atoms with Crippen LogP contribution in [0.3, 0.4) is 0 Å². The van der Waals surface area contributed by atoms with Gasteiger partial charge in [0.1, 0.15) is 18.1 Å². The molecule has 0 saturated carbocycles. The van der Waals surface area contributed by atoms with Crippen LogP contribution >= 0.6 is 0 Å². The molecule has 1 N–H and O–H groups in total. The van der Waals surface area contributed by atoms with Crippen LogP contribution in [0.4, 0.5) is 0 Å². The Labute approximate surface area is 209 Å². The number of Topliss-reactive ketones (excluding diaryl/α,β-unsaturated/α-hetero) is 1. The molecule has 2 aliphatic heterocycles. The summed E-state index contributed by atoms with van der Waals surface area (Å²) in [7, 11) is 2.84. The number of methoxy groups -OCH3 is 2. The summed E-state index contributed by atoms with van der Waals surface area (Å²) in [6.45, 7) is 7.12. The number of rotatable bonds is 4. The molecule has 1 aromatic rings. The molecule has 9 nitrogen and oxygen atoms in total. The van der Waals surface area contributed by atoms with E-state index < -0.39 is 35.3 Å². The van der Waals surface area contributed by atoms with E-state index in [0.717, 1.165) is 0 Å². The number of hydrogen-bond acceptors (Lipinski definition) is 9. The van der Waals surface area contributed by atoms with Crippen molar-refractivity contribution in [2.75, 3.05) is 27.6 Å². The molecule has 5 rings (SSSR count). The Bertz CT molecular complexity index is 1240.